The maximum Gasteiger partial charge on any atom is 0.254 e. The summed E-state index contributed by atoms with van der Waals surface area (Å²) in [5.41, 5.74) is 1.67. The van der Waals surface area contributed by atoms with Crippen LogP contribution in [-0.4, -0.2) is 53.6 Å². The van der Waals surface area contributed by atoms with E-state index in [1.165, 1.54) is 30.3 Å². The molecule has 0 N–H and O–H groups in total. The largest absolute Gasteiger partial charge is 0.438 e. The van der Waals surface area contributed by atoms with Crippen molar-refractivity contribution in [3.63, 3.8) is 0 Å². The molecular formula is C24H21F3N4O3. The molecule has 0 saturated carbocycles. The normalized spacial score (nSPS) is 15.7. The lowest BCUT2D eigenvalue weighted by Crippen LogP contribution is -2.39. The number of hydrogen-bond donors (Lipinski definition) is 0. The second-order valence-electron chi connectivity index (χ2n) is 8.02. The van der Waals surface area contributed by atoms with E-state index in [1.807, 2.05) is 4.90 Å². The Balaban J connectivity index is 1.48. The van der Waals surface area contributed by atoms with Gasteiger partial charge < -0.3 is 19.3 Å². The van der Waals surface area contributed by atoms with Crippen LogP contribution >= 0.6 is 0 Å². The first-order chi connectivity index (χ1) is 16.5. The Labute approximate surface area is 193 Å². The van der Waals surface area contributed by atoms with E-state index in [-0.39, 0.29) is 24.1 Å². The second kappa shape index (κ2) is 9.30. The highest BCUT2D eigenvalue weighted by atomic mass is 19.2. The molecule has 3 heterocycles. The quantitative estimate of drug-likeness (QED) is 0.579. The van der Waals surface area contributed by atoms with Gasteiger partial charge in [-0.1, -0.05) is 0 Å². The zero-order chi connectivity index (χ0) is 23.7. The zero-order valence-corrected chi connectivity index (χ0v) is 18.1. The van der Waals surface area contributed by atoms with E-state index in [4.69, 9.17) is 14.5 Å². The average Bonchev–Trinajstić information content (AvgIpc) is 2.86. The zero-order valence-electron chi connectivity index (χ0n) is 18.1. The molecule has 5 rings (SSSR count). The van der Waals surface area contributed by atoms with E-state index in [0.717, 1.165) is 17.8 Å². The number of aromatic nitrogens is 2. The Morgan fingerprint density at radius 1 is 0.941 bits per heavy atom. The minimum absolute atomic E-state index is 0.0784. The number of fused-ring (bicyclic) bond motifs is 1. The van der Waals surface area contributed by atoms with E-state index < -0.39 is 17.5 Å². The van der Waals surface area contributed by atoms with Gasteiger partial charge in [-0.3, -0.25) is 4.79 Å². The highest BCUT2D eigenvalue weighted by Gasteiger charge is 2.29. The monoisotopic (exact) mass is 470 g/mol. The van der Waals surface area contributed by atoms with Crippen molar-refractivity contribution in [1.29, 1.82) is 0 Å². The number of nitrogens with zero attached hydrogens (tertiary/aromatic N) is 4. The van der Waals surface area contributed by atoms with Gasteiger partial charge in [-0.15, -0.1) is 0 Å². The number of amides is 1. The molecular weight excluding hydrogens is 449 g/mol. The molecule has 2 aromatic carbocycles. The summed E-state index contributed by atoms with van der Waals surface area (Å²) in [6.45, 7) is 2.87. The molecule has 7 nitrogen and oxygen atoms in total. The van der Waals surface area contributed by atoms with Crippen LogP contribution in [-0.2, 0) is 17.7 Å². The van der Waals surface area contributed by atoms with Crippen molar-refractivity contribution >= 4 is 11.9 Å². The molecule has 1 fully saturated rings. The van der Waals surface area contributed by atoms with Crippen molar-refractivity contribution in [2.24, 2.45) is 0 Å². The first-order valence-electron chi connectivity index (χ1n) is 10.9. The molecule has 176 valence electrons. The Morgan fingerprint density at radius 2 is 1.71 bits per heavy atom. The maximum absolute atomic E-state index is 13.8. The van der Waals surface area contributed by atoms with Gasteiger partial charge in [0.15, 0.2) is 11.6 Å². The van der Waals surface area contributed by atoms with Crippen LogP contribution in [0.15, 0.2) is 42.5 Å². The molecule has 3 aromatic rings. The number of benzene rings is 2. The number of morpholine rings is 1. The molecule has 10 heteroatoms. The van der Waals surface area contributed by atoms with Crippen molar-refractivity contribution in [2.75, 3.05) is 37.7 Å². The van der Waals surface area contributed by atoms with E-state index in [9.17, 15) is 18.0 Å². The molecule has 0 spiro atoms. The van der Waals surface area contributed by atoms with Crippen molar-refractivity contribution < 1.29 is 27.4 Å². The number of rotatable bonds is 4. The third kappa shape index (κ3) is 4.54. The van der Waals surface area contributed by atoms with Crippen LogP contribution in [0.1, 0.15) is 21.6 Å². The molecule has 1 saturated heterocycles. The number of carbonyl (C=O) groups is 1. The fourth-order valence-corrected chi connectivity index (χ4v) is 3.96. The van der Waals surface area contributed by atoms with Gasteiger partial charge in [0.2, 0.25) is 11.8 Å². The molecule has 1 amide bonds. The van der Waals surface area contributed by atoms with Crippen LogP contribution < -0.4 is 9.64 Å². The molecule has 34 heavy (non-hydrogen) atoms. The second-order valence-corrected chi connectivity index (χ2v) is 8.02. The summed E-state index contributed by atoms with van der Waals surface area (Å²) in [5.74, 6) is -2.00. The fraction of sp³-hybridized carbons (Fsp3) is 0.292. The van der Waals surface area contributed by atoms with Crippen LogP contribution in [0, 0.1) is 17.5 Å². The van der Waals surface area contributed by atoms with E-state index in [1.54, 1.807) is 4.90 Å². The SMILES string of the molecule is O=C(c1ccc(F)cc1)N1CCc2nc(N3CCOCC3)nc(Oc3ccc(F)c(F)c3)c2C1. The lowest BCUT2D eigenvalue weighted by atomic mass is 10.1. The van der Waals surface area contributed by atoms with Crippen LogP contribution in [0.3, 0.4) is 0 Å². The van der Waals surface area contributed by atoms with Gasteiger partial charge >= 0.3 is 0 Å². The lowest BCUT2D eigenvalue weighted by molar-refractivity contribution is 0.0731. The fourth-order valence-electron chi connectivity index (χ4n) is 3.96. The topological polar surface area (TPSA) is 67.8 Å². The Kier molecular flexibility index (Phi) is 6.06. The van der Waals surface area contributed by atoms with Gasteiger partial charge in [-0.05, 0) is 36.4 Å². The molecule has 0 bridgehead atoms. The number of anilines is 1. The lowest BCUT2D eigenvalue weighted by Gasteiger charge is -2.32. The molecule has 0 radical (unpaired) electrons. The van der Waals surface area contributed by atoms with E-state index in [2.05, 4.69) is 4.98 Å². The predicted octanol–water partition coefficient (Wildman–Crippen LogP) is 3.72. The first kappa shape index (κ1) is 22.1. The Morgan fingerprint density at radius 3 is 2.44 bits per heavy atom. The number of hydrogen-bond acceptors (Lipinski definition) is 6. The van der Waals surface area contributed by atoms with Crippen molar-refractivity contribution in [3.05, 3.63) is 76.7 Å². The molecule has 0 unspecified atom stereocenters. The van der Waals surface area contributed by atoms with E-state index >= 15 is 0 Å². The first-order valence-corrected chi connectivity index (χ1v) is 10.9. The van der Waals surface area contributed by atoms with Crippen LogP contribution in [0.5, 0.6) is 11.6 Å². The van der Waals surface area contributed by atoms with Gasteiger partial charge in [0.25, 0.3) is 5.91 Å². The molecule has 0 atom stereocenters. The number of ether oxygens (including phenoxy) is 2. The van der Waals surface area contributed by atoms with Crippen LogP contribution in [0.25, 0.3) is 0 Å². The van der Waals surface area contributed by atoms with Crippen LogP contribution in [0.4, 0.5) is 19.1 Å². The summed E-state index contributed by atoms with van der Waals surface area (Å²) >= 11 is 0. The molecule has 2 aliphatic rings. The average molecular weight is 470 g/mol. The predicted molar refractivity (Wildman–Crippen MR) is 116 cm³/mol. The minimum atomic E-state index is -1.04. The van der Waals surface area contributed by atoms with E-state index in [0.29, 0.717) is 56.3 Å². The highest BCUT2D eigenvalue weighted by Crippen LogP contribution is 2.32. The van der Waals surface area contributed by atoms with Gasteiger partial charge in [0.05, 0.1) is 31.0 Å². The highest BCUT2D eigenvalue weighted by molar-refractivity contribution is 5.94. The standard InChI is InChI=1S/C24H21F3N4O3/c25-16-3-1-15(2-4-16)23(32)31-8-7-21-18(14-31)22(34-17-5-6-19(26)20(27)13-17)29-24(28-21)30-9-11-33-12-10-30/h1-6,13H,7-12,14H2. The summed E-state index contributed by atoms with van der Waals surface area (Å²) in [6, 6.07) is 8.58. The summed E-state index contributed by atoms with van der Waals surface area (Å²) < 4.78 is 51.8. The molecule has 0 aliphatic carbocycles. The summed E-state index contributed by atoms with van der Waals surface area (Å²) in [6.07, 6.45) is 0.455. The summed E-state index contributed by atoms with van der Waals surface area (Å²) in [7, 11) is 0. The van der Waals surface area contributed by atoms with Gasteiger partial charge in [0, 0.05) is 37.7 Å². The third-order valence-electron chi connectivity index (χ3n) is 5.79. The van der Waals surface area contributed by atoms with Gasteiger partial charge in [0.1, 0.15) is 11.6 Å². The molecule has 1 aromatic heterocycles. The third-order valence-corrected chi connectivity index (χ3v) is 5.79. The Bertz CT molecular complexity index is 1220. The smallest absolute Gasteiger partial charge is 0.254 e. The molecule has 2 aliphatic heterocycles. The van der Waals surface area contributed by atoms with Crippen molar-refractivity contribution in [2.45, 2.75) is 13.0 Å². The van der Waals surface area contributed by atoms with Crippen molar-refractivity contribution in [3.8, 4) is 11.6 Å². The van der Waals surface area contributed by atoms with Gasteiger partial charge in [-0.2, -0.15) is 4.98 Å². The summed E-state index contributed by atoms with van der Waals surface area (Å²) in [5, 5.41) is 0. The van der Waals surface area contributed by atoms with Gasteiger partial charge in [-0.25, -0.2) is 18.2 Å². The van der Waals surface area contributed by atoms with Crippen molar-refractivity contribution in [1.82, 2.24) is 14.9 Å². The minimum Gasteiger partial charge on any atom is -0.438 e. The number of carbonyl (C=O) groups excluding carboxylic acids is 1. The summed E-state index contributed by atoms with van der Waals surface area (Å²) in [4.78, 5) is 25.8. The number of halogens is 3. The van der Waals surface area contributed by atoms with Crippen LogP contribution in [0.2, 0.25) is 0 Å². The Hall–Kier alpha value is -3.66. The maximum atomic E-state index is 13.8.